The van der Waals surface area contributed by atoms with E-state index in [4.69, 9.17) is 0 Å². The monoisotopic (exact) mass is 396 g/mol. The molecule has 29 heavy (non-hydrogen) atoms. The van der Waals surface area contributed by atoms with Crippen LogP contribution < -0.4 is 5.56 Å². The molecule has 0 bridgehead atoms. The molecule has 0 N–H and O–H groups in total. The van der Waals surface area contributed by atoms with E-state index in [0.29, 0.717) is 11.5 Å². The molecule has 0 amide bonds. The average Bonchev–Trinajstić information content (AvgIpc) is 2.69. The number of pyridine rings is 1. The topological polar surface area (TPSA) is 45.8 Å². The Kier molecular flexibility index (Phi) is 5.60. The number of aromatic nitrogens is 1. The fourth-order valence-electron chi connectivity index (χ4n) is 3.17. The number of nitrogens with zero attached hydrogens (tertiary/aromatic N) is 2. The molecule has 1 aromatic heterocycles. The van der Waals surface area contributed by atoms with Crippen LogP contribution in [0.5, 0.6) is 0 Å². The Morgan fingerprint density at radius 3 is 2.17 bits per heavy atom. The molecule has 3 nitrogen and oxygen atoms in total. The van der Waals surface area contributed by atoms with Gasteiger partial charge in [0, 0.05) is 0 Å². The van der Waals surface area contributed by atoms with Gasteiger partial charge < -0.3 is 4.57 Å². The van der Waals surface area contributed by atoms with Gasteiger partial charge in [0.05, 0.1) is 17.8 Å². The van der Waals surface area contributed by atoms with E-state index in [0.717, 1.165) is 17.2 Å². The third-order valence-electron chi connectivity index (χ3n) is 4.77. The van der Waals surface area contributed by atoms with Gasteiger partial charge in [0.1, 0.15) is 11.6 Å². The van der Waals surface area contributed by atoms with Crippen LogP contribution in [0.2, 0.25) is 0 Å². The lowest BCUT2D eigenvalue weighted by Gasteiger charge is -2.18. The molecular weight excluding hydrogens is 377 g/mol. The first-order valence-electron chi connectivity index (χ1n) is 9.11. The highest BCUT2D eigenvalue weighted by molar-refractivity contribution is 5.62. The third-order valence-corrected chi connectivity index (χ3v) is 4.77. The van der Waals surface area contributed by atoms with E-state index in [-0.39, 0.29) is 12.2 Å². The molecule has 3 aromatic rings. The number of halogens is 3. The summed E-state index contributed by atoms with van der Waals surface area (Å²) in [6, 6.07) is 18.3. The van der Waals surface area contributed by atoms with E-state index < -0.39 is 22.9 Å². The summed E-state index contributed by atoms with van der Waals surface area (Å²) in [5.41, 5.74) is -0.583. The third kappa shape index (κ3) is 4.24. The summed E-state index contributed by atoms with van der Waals surface area (Å²) in [6.45, 7) is 4.18. The van der Waals surface area contributed by atoms with E-state index in [1.807, 2.05) is 24.3 Å². The number of nitriles is 1. The van der Waals surface area contributed by atoms with E-state index in [1.54, 1.807) is 30.3 Å². The Balaban J connectivity index is 2.22. The zero-order valence-electron chi connectivity index (χ0n) is 16.0. The van der Waals surface area contributed by atoms with Crippen molar-refractivity contribution in [2.45, 2.75) is 32.5 Å². The summed E-state index contributed by atoms with van der Waals surface area (Å²) < 4.78 is 41.7. The van der Waals surface area contributed by atoms with Crippen molar-refractivity contribution in [2.24, 2.45) is 0 Å². The van der Waals surface area contributed by atoms with Crippen molar-refractivity contribution in [3.8, 4) is 17.3 Å². The molecule has 0 spiro atoms. The lowest BCUT2D eigenvalue weighted by molar-refractivity contribution is -0.137. The summed E-state index contributed by atoms with van der Waals surface area (Å²) in [5.74, 6) is 0.336. The van der Waals surface area contributed by atoms with E-state index in [9.17, 15) is 23.2 Å². The van der Waals surface area contributed by atoms with E-state index in [1.165, 1.54) is 10.6 Å². The molecule has 0 aliphatic rings. The van der Waals surface area contributed by atoms with Crippen LogP contribution in [-0.2, 0) is 12.7 Å². The quantitative estimate of drug-likeness (QED) is 0.578. The van der Waals surface area contributed by atoms with Gasteiger partial charge in [-0.25, -0.2) is 0 Å². The van der Waals surface area contributed by atoms with Crippen molar-refractivity contribution < 1.29 is 13.2 Å². The molecule has 0 unspecified atom stereocenters. The first-order chi connectivity index (χ1) is 13.7. The lowest BCUT2D eigenvalue weighted by Crippen LogP contribution is -2.28. The molecule has 0 aliphatic heterocycles. The maximum atomic E-state index is 13.5. The van der Waals surface area contributed by atoms with Crippen LogP contribution in [-0.4, -0.2) is 4.57 Å². The summed E-state index contributed by atoms with van der Waals surface area (Å²) >= 11 is 0. The Morgan fingerprint density at radius 1 is 1.03 bits per heavy atom. The number of hydrogen-bond acceptors (Lipinski definition) is 2. The largest absolute Gasteiger partial charge is 0.417 e. The predicted octanol–water partition coefficient (Wildman–Crippen LogP) is 5.58. The van der Waals surface area contributed by atoms with Crippen LogP contribution >= 0.6 is 0 Å². The van der Waals surface area contributed by atoms with Gasteiger partial charge in [0.2, 0.25) is 0 Å². The maximum absolute atomic E-state index is 13.5. The molecule has 148 valence electrons. The summed E-state index contributed by atoms with van der Waals surface area (Å²) in [7, 11) is 0. The van der Waals surface area contributed by atoms with Crippen molar-refractivity contribution in [1.82, 2.24) is 4.57 Å². The normalized spacial score (nSPS) is 11.5. The number of rotatable bonds is 4. The molecule has 0 atom stereocenters. The maximum Gasteiger partial charge on any atom is 0.417 e. The zero-order chi connectivity index (χ0) is 21.2. The highest BCUT2D eigenvalue weighted by Gasteiger charge is 2.36. The first-order valence-corrected chi connectivity index (χ1v) is 9.11. The Labute approximate surface area is 166 Å². The van der Waals surface area contributed by atoms with Gasteiger partial charge in [0.25, 0.3) is 5.56 Å². The summed E-state index contributed by atoms with van der Waals surface area (Å²) in [6.07, 6.45) is -4.80. The minimum absolute atomic E-state index is 0.0637. The van der Waals surface area contributed by atoms with Crippen LogP contribution in [0, 0.1) is 11.3 Å². The van der Waals surface area contributed by atoms with Crippen molar-refractivity contribution >= 4 is 0 Å². The van der Waals surface area contributed by atoms with Gasteiger partial charge >= 0.3 is 6.18 Å². The second-order valence-electron chi connectivity index (χ2n) is 7.08. The fourth-order valence-corrected chi connectivity index (χ4v) is 3.17. The summed E-state index contributed by atoms with van der Waals surface area (Å²) in [4.78, 5) is 12.9. The minimum atomic E-state index is -4.80. The van der Waals surface area contributed by atoms with Gasteiger partial charge in [-0.3, -0.25) is 4.79 Å². The number of benzene rings is 2. The smallest absolute Gasteiger partial charge is 0.303 e. The molecule has 0 saturated carbocycles. The van der Waals surface area contributed by atoms with Crippen LogP contribution in [0.1, 0.15) is 42.0 Å². The Morgan fingerprint density at radius 2 is 1.66 bits per heavy atom. The molecule has 0 saturated heterocycles. The standard InChI is InChI=1S/C23H19F3N2O/c1-15(2)17-10-8-16(9-11-17)14-28-21(18-6-4-3-5-7-18)12-20(23(24,25)26)19(13-27)22(28)29/h3-12,15H,14H2,1-2H3. The summed E-state index contributed by atoms with van der Waals surface area (Å²) in [5, 5.41) is 9.25. The van der Waals surface area contributed by atoms with Gasteiger partial charge in [-0.1, -0.05) is 68.4 Å². The number of alkyl halides is 3. The minimum Gasteiger partial charge on any atom is -0.303 e. The van der Waals surface area contributed by atoms with Crippen molar-refractivity contribution in [3.63, 3.8) is 0 Å². The molecule has 6 heteroatoms. The van der Waals surface area contributed by atoms with E-state index >= 15 is 0 Å². The van der Waals surface area contributed by atoms with Crippen LogP contribution in [0.25, 0.3) is 11.3 Å². The predicted molar refractivity (Wildman–Crippen MR) is 105 cm³/mol. The van der Waals surface area contributed by atoms with Gasteiger partial charge in [-0.05, 0) is 28.7 Å². The molecule has 2 aromatic carbocycles. The van der Waals surface area contributed by atoms with E-state index in [2.05, 4.69) is 13.8 Å². The SMILES string of the molecule is CC(C)c1ccc(Cn2c(-c3ccccc3)cc(C(F)(F)F)c(C#N)c2=O)cc1. The molecule has 0 radical (unpaired) electrons. The van der Waals surface area contributed by atoms with Crippen molar-refractivity contribution in [2.75, 3.05) is 0 Å². The Hall–Kier alpha value is -3.33. The molecule has 0 aliphatic carbocycles. The van der Waals surface area contributed by atoms with Crippen LogP contribution in [0.15, 0.2) is 65.5 Å². The van der Waals surface area contributed by atoms with Crippen LogP contribution in [0.4, 0.5) is 13.2 Å². The van der Waals surface area contributed by atoms with Crippen LogP contribution in [0.3, 0.4) is 0 Å². The van der Waals surface area contributed by atoms with Crippen molar-refractivity contribution in [3.05, 3.63) is 93.3 Å². The second-order valence-corrected chi connectivity index (χ2v) is 7.08. The highest BCUT2D eigenvalue weighted by Crippen LogP contribution is 2.33. The fraction of sp³-hybridized carbons (Fsp3) is 0.217. The average molecular weight is 396 g/mol. The molecule has 1 heterocycles. The first kappa shape index (κ1) is 20.4. The Bertz CT molecular complexity index is 1110. The number of hydrogen-bond donors (Lipinski definition) is 0. The second kappa shape index (κ2) is 7.96. The lowest BCUT2D eigenvalue weighted by atomic mass is 10.0. The van der Waals surface area contributed by atoms with Gasteiger partial charge in [0.15, 0.2) is 0 Å². The van der Waals surface area contributed by atoms with Gasteiger partial charge in [-0.15, -0.1) is 0 Å². The highest BCUT2D eigenvalue weighted by atomic mass is 19.4. The zero-order valence-corrected chi connectivity index (χ0v) is 16.0. The van der Waals surface area contributed by atoms with Gasteiger partial charge in [-0.2, -0.15) is 18.4 Å². The molecule has 0 fully saturated rings. The molecular formula is C23H19F3N2O. The molecule has 3 rings (SSSR count). The van der Waals surface area contributed by atoms with Crippen molar-refractivity contribution in [1.29, 1.82) is 5.26 Å².